The monoisotopic (exact) mass is 298 g/mol. The first-order chi connectivity index (χ1) is 10.7. The SMILES string of the molecule is COC[C@H](C)[NH2+]Cc1cc(=O)oc2ccc3ccccc3c12. The molecule has 22 heavy (non-hydrogen) atoms. The maximum atomic E-state index is 11.8. The lowest BCUT2D eigenvalue weighted by Gasteiger charge is -2.11. The largest absolute Gasteiger partial charge is 0.423 e. The molecule has 0 bridgehead atoms. The van der Waals surface area contributed by atoms with Gasteiger partial charge in [-0.2, -0.15) is 0 Å². The zero-order valence-corrected chi connectivity index (χ0v) is 12.8. The van der Waals surface area contributed by atoms with Crippen molar-refractivity contribution in [3.05, 3.63) is 58.4 Å². The highest BCUT2D eigenvalue weighted by Crippen LogP contribution is 2.26. The lowest BCUT2D eigenvalue weighted by molar-refractivity contribution is -0.702. The predicted molar refractivity (Wildman–Crippen MR) is 87.0 cm³/mol. The van der Waals surface area contributed by atoms with Crippen LogP contribution in [0.3, 0.4) is 0 Å². The van der Waals surface area contributed by atoms with E-state index in [9.17, 15) is 4.79 Å². The number of methoxy groups -OCH3 is 1. The second-order valence-corrected chi connectivity index (χ2v) is 5.62. The summed E-state index contributed by atoms with van der Waals surface area (Å²) in [7, 11) is 1.70. The first-order valence-corrected chi connectivity index (χ1v) is 7.46. The Morgan fingerprint density at radius 3 is 2.86 bits per heavy atom. The van der Waals surface area contributed by atoms with Gasteiger partial charge in [-0.1, -0.05) is 30.3 Å². The van der Waals surface area contributed by atoms with Gasteiger partial charge in [0.15, 0.2) is 0 Å². The number of hydrogen-bond acceptors (Lipinski definition) is 3. The van der Waals surface area contributed by atoms with Crippen molar-refractivity contribution in [3.63, 3.8) is 0 Å². The summed E-state index contributed by atoms with van der Waals surface area (Å²) in [5.41, 5.74) is 1.35. The Balaban J connectivity index is 2.11. The third-order valence-electron chi connectivity index (χ3n) is 3.88. The normalized spacial score (nSPS) is 12.8. The van der Waals surface area contributed by atoms with Crippen LogP contribution in [0.15, 0.2) is 51.7 Å². The van der Waals surface area contributed by atoms with E-state index in [4.69, 9.17) is 9.15 Å². The maximum absolute atomic E-state index is 11.8. The molecule has 0 aliphatic carbocycles. The van der Waals surface area contributed by atoms with Gasteiger partial charge in [0.25, 0.3) is 0 Å². The van der Waals surface area contributed by atoms with Crippen LogP contribution in [0.5, 0.6) is 0 Å². The first kappa shape index (κ1) is 14.8. The van der Waals surface area contributed by atoms with E-state index in [0.717, 1.165) is 28.3 Å². The van der Waals surface area contributed by atoms with Crippen LogP contribution in [-0.2, 0) is 11.3 Å². The average Bonchev–Trinajstić information content (AvgIpc) is 2.52. The van der Waals surface area contributed by atoms with Gasteiger partial charge in [-0.25, -0.2) is 4.79 Å². The average molecular weight is 298 g/mol. The smallest absolute Gasteiger partial charge is 0.336 e. The zero-order chi connectivity index (χ0) is 15.5. The van der Waals surface area contributed by atoms with Gasteiger partial charge < -0.3 is 14.5 Å². The number of hydrogen-bond donors (Lipinski definition) is 1. The molecule has 0 fully saturated rings. The second kappa shape index (κ2) is 6.30. The van der Waals surface area contributed by atoms with Gasteiger partial charge in [0.1, 0.15) is 18.2 Å². The molecular weight excluding hydrogens is 278 g/mol. The standard InChI is InChI=1S/C18H19NO3/c1-12(11-21-2)19-10-14-9-17(20)22-16-8-7-13-5-3-4-6-15(13)18(14)16/h3-9,12,19H,10-11H2,1-2H3/p+1/t12-/m0/s1. The van der Waals surface area contributed by atoms with Crippen LogP contribution in [0.25, 0.3) is 21.7 Å². The van der Waals surface area contributed by atoms with Crippen LogP contribution in [0, 0.1) is 0 Å². The molecule has 0 aliphatic heterocycles. The molecule has 4 nitrogen and oxygen atoms in total. The maximum Gasteiger partial charge on any atom is 0.336 e. The number of nitrogens with two attached hydrogens (primary N) is 1. The van der Waals surface area contributed by atoms with Gasteiger partial charge in [-0.15, -0.1) is 0 Å². The van der Waals surface area contributed by atoms with E-state index >= 15 is 0 Å². The molecule has 0 amide bonds. The summed E-state index contributed by atoms with van der Waals surface area (Å²) >= 11 is 0. The summed E-state index contributed by atoms with van der Waals surface area (Å²) < 4.78 is 10.5. The number of quaternary nitrogens is 1. The highest BCUT2D eigenvalue weighted by atomic mass is 16.5. The van der Waals surface area contributed by atoms with Gasteiger partial charge in [-0.05, 0) is 23.8 Å². The molecule has 0 aliphatic rings. The summed E-state index contributed by atoms with van der Waals surface area (Å²) in [5.74, 6) is 0. The molecule has 0 spiro atoms. The number of ether oxygens (including phenoxy) is 1. The summed E-state index contributed by atoms with van der Waals surface area (Å²) in [5, 5.41) is 5.47. The van der Waals surface area contributed by atoms with Crippen molar-refractivity contribution < 1.29 is 14.5 Å². The Bertz CT molecular complexity index is 854. The highest BCUT2D eigenvalue weighted by Gasteiger charge is 2.12. The minimum Gasteiger partial charge on any atom is -0.423 e. The van der Waals surface area contributed by atoms with Gasteiger partial charge in [0, 0.05) is 24.1 Å². The van der Waals surface area contributed by atoms with Crippen molar-refractivity contribution >= 4 is 21.7 Å². The molecule has 0 saturated carbocycles. The lowest BCUT2D eigenvalue weighted by atomic mass is 10.0. The summed E-state index contributed by atoms with van der Waals surface area (Å²) in [6.45, 7) is 3.51. The van der Waals surface area contributed by atoms with Crippen molar-refractivity contribution in [2.45, 2.75) is 19.5 Å². The zero-order valence-electron chi connectivity index (χ0n) is 12.8. The van der Waals surface area contributed by atoms with Crippen LogP contribution < -0.4 is 10.9 Å². The fourth-order valence-electron chi connectivity index (χ4n) is 2.84. The fraction of sp³-hybridized carbons (Fsp3) is 0.278. The van der Waals surface area contributed by atoms with Crippen molar-refractivity contribution in [1.29, 1.82) is 0 Å². The molecule has 1 aromatic heterocycles. The molecule has 2 N–H and O–H groups in total. The van der Waals surface area contributed by atoms with E-state index in [1.807, 2.05) is 24.3 Å². The molecule has 1 heterocycles. The summed E-state index contributed by atoms with van der Waals surface area (Å²) in [6, 6.07) is 14.0. The van der Waals surface area contributed by atoms with Gasteiger partial charge in [-0.3, -0.25) is 0 Å². The second-order valence-electron chi connectivity index (χ2n) is 5.62. The molecule has 0 unspecified atom stereocenters. The van der Waals surface area contributed by atoms with Crippen LogP contribution in [0.2, 0.25) is 0 Å². The molecular formula is C18H20NO3+. The van der Waals surface area contributed by atoms with E-state index in [1.165, 1.54) is 0 Å². The molecule has 0 radical (unpaired) electrons. The number of benzene rings is 2. The number of rotatable bonds is 5. The Kier molecular flexibility index (Phi) is 4.22. The van der Waals surface area contributed by atoms with Crippen LogP contribution in [-0.4, -0.2) is 19.8 Å². The fourth-order valence-corrected chi connectivity index (χ4v) is 2.84. The quantitative estimate of drug-likeness (QED) is 0.579. The van der Waals surface area contributed by atoms with Crippen LogP contribution in [0.4, 0.5) is 0 Å². The van der Waals surface area contributed by atoms with Crippen molar-refractivity contribution in [3.8, 4) is 0 Å². The third-order valence-corrected chi connectivity index (χ3v) is 3.88. The highest BCUT2D eigenvalue weighted by molar-refractivity contribution is 6.06. The van der Waals surface area contributed by atoms with Gasteiger partial charge in [0.05, 0.1) is 6.61 Å². The van der Waals surface area contributed by atoms with E-state index in [2.05, 4.69) is 24.4 Å². The Hall–Kier alpha value is -2.17. The topological polar surface area (TPSA) is 56.0 Å². The van der Waals surface area contributed by atoms with Crippen LogP contribution >= 0.6 is 0 Å². The molecule has 1 atom stereocenters. The Morgan fingerprint density at radius 2 is 2.05 bits per heavy atom. The van der Waals surface area contributed by atoms with Gasteiger partial charge in [0.2, 0.25) is 0 Å². The summed E-state index contributed by atoms with van der Waals surface area (Å²) in [4.78, 5) is 11.8. The van der Waals surface area contributed by atoms with Gasteiger partial charge >= 0.3 is 5.63 Å². The Labute approximate surface area is 128 Å². The molecule has 0 saturated heterocycles. The Morgan fingerprint density at radius 1 is 1.23 bits per heavy atom. The summed E-state index contributed by atoms with van der Waals surface area (Å²) in [6.07, 6.45) is 0. The molecule has 2 aromatic carbocycles. The van der Waals surface area contributed by atoms with Crippen molar-refractivity contribution in [1.82, 2.24) is 0 Å². The van der Waals surface area contributed by atoms with E-state index in [-0.39, 0.29) is 5.63 Å². The predicted octanol–water partition coefficient (Wildman–Crippen LogP) is 2.04. The molecule has 3 aromatic rings. The molecule has 3 rings (SSSR count). The first-order valence-electron chi connectivity index (χ1n) is 7.46. The van der Waals surface area contributed by atoms with E-state index < -0.39 is 0 Å². The minimum atomic E-state index is -0.300. The van der Waals surface area contributed by atoms with Crippen molar-refractivity contribution in [2.75, 3.05) is 13.7 Å². The lowest BCUT2D eigenvalue weighted by Crippen LogP contribution is -2.88. The molecule has 114 valence electrons. The molecule has 4 heteroatoms. The van der Waals surface area contributed by atoms with Crippen LogP contribution in [0.1, 0.15) is 12.5 Å². The third kappa shape index (κ3) is 2.89. The van der Waals surface area contributed by atoms with E-state index in [1.54, 1.807) is 13.2 Å². The van der Waals surface area contributed by atoms with E-state index in [0.29, 0.717) is 18.2 Å². The minimum absolute atomic E-state index is 0.300. The van der Waals surface area contributed by atoms with Crippen molar-refractivity contribution in [2.24, 2.45) is 0 Å². The number of fused-ring (bicyclic) bond motifs is 3.